The molecule has 5 rings (SSSR count). The van der Waals surface area contributed by atoms with Gasteiger partial charge in [0, 0.05) is 21.8 Å². The predicted molar refractivity (Wildman–Crippen MR) is 127 cm³/mol. The zero-order chi connectivity index (χ0) is 22.9. The number of fused-ring (bicyclic) bond motifs is 1. The Bertz CT molecular complexity index is 1320. The molecule has 0 aliphatic carbocycles. The summed E-state index contributed by atoms with van der Waals surface area (Å²) in [6.07, 6.45) is 0. The fourth-order valence-corrected chi connectivity index (χ4v) is 4.29. The van der Waals surface area contributed by atoms with Crippen LogP contribution in [0.25, 0.3) is 11.3 Å². The van der Waals surface area contributed by atoms with E-state index in [1.54, 1.807) is 36.1 Å². The van der Waals surface area contributed by atoms with E-state index in [4.69, 9.17) is 16.3 Å². The van der Waals surface area contributed by atoms with E-state index in [1.807, 2.05) is 54.6 Å². The minimum Gasteiger partial charge on any atom is -0.462 e. The van der Waals surface area contributed by atoms with Crippen LogP contribution < -0.4 is 4.90 Å². The summed E-state index contributed by atoms with van der Waals surface area (Å²) in [5, 5.41) is 8.04. The minimum atomic E-state index is -0.410. The molecule has 2 heterocycles. The number of rotatable bonds is 5. The van der Waals surface area contributed by atoms with Gasteiger partial charge in [0.25, 0.3) is 5.91 Å². The maximum absolute atomic E-state index is 13.6. The van der Waals surface area contributed by atoms with E-state index in [1.165, 1.54) is 0 Å². The highest BCUT2D eigenvalue weighted by Crippen LogP contribution is 2.45. The van der Waals surface area contributed by atoms with Crippen molar-refractivity contribution in [2.75, 3.05) is 11.5 Å². The summed E-state index contributed by atoms with van der Waals surface area (Å²) in [6, 6.07) is 23.7. The van der Waals surface area contributed by atoms with E-state index >= 15 is 0 Å². The molecule has 0 radical (unpaired) electrons. The summed E-state index contributed by atoms with van der Waals surface area (Å²) in [6.45, 7) is 2.06. The van der Waals surface area contributed by atoms with Crippen molar-refractivity contribution in [2.45, 2.75) is 13.0 Å². The Hall–Kier alpha value is -3.90. The molecule has 6 nitrogen and oxygen atoms in total. The number of esters is 1. The lowest BCUT2D eigenvalue weighted by Crippen LogP contribution is -2.29. The summed E-state index contributed by atoms with van der Waals surface area (Å²) >= 11 is 6.14. The van der Waals surface area contributed by atoms with Crippen molar-refractivity contribution < 1.29 is 14.3 Å². The summed E-state index contributed by atoms with van der Waals surface area (Å²) in [7, 11) is 0. The summed E-state index contributed by atoms with van der Waals surface area (Å²) in [5.41, 5.74) is 4.90. The van der Waals surface area contributed by atoms with Crippen molar-refractivity contribution in [1.29, 1.82) is 0 Å². The Morgan fingerprint density at radius 3 is 2.39 bits per heavy atom. The van der Waals surface area contributed by atoms with E-state index < -0.39 is 12.0 Å². The molecule has 0 saturated heterocycles. The van der Waals surface area contributed by atoms with Gasteiger partial charge in [-0.1, -0.05) is 54.1 Å². The molecule has 4 aromatic rings. The number of hydrogen-bond acceptors (Lipinski definition) is 4. The molecule has 1 N–H and O–H groups in total. The molecule has 33 heavy (non-hydrogen) atoms. The Balaban J connectivity index is 1.63. The smallest absolute Gasteiger partial charge is 0.338 e. The number of anilines is 1. The number of hydrogen-bond donors (Lipinski definition) is 1. The highest BCUT2D eigenvalue weighted by Gasteiger charge is 2.43. The van der Waals surface area contributed by atoms with Crippen LogP contribution in [0.2, 0.25) is 5.02 Å². The fourth-order valence-electron chi connectivity index (χ4n) is 4.16. The number of H-pyrrole nitrogens is 1. The van der Waals surface area contributed by atoms with Gasteiger partial charge in [-0.05, 0) is 48.9 Å². The predicted octanol–water partition coefficient (Wildman–Crippen LogP) is 5.66. The van der Waals surface area contributed by atoms with Crippen molar-refractivity contribution in [3.63, 3.8) is 0 Å². The van der Waals surface area contributed by atoms with E-state index in [0.717, 1.165) is 22.4 Å². The molecule has 3 aromatic carbocycles. The van der Waals surface area contributed by atoms with E-state index in [-0.39, 0.29) is 5.91 Å². The Morgan fingerprint density at radius 1 is 1.03 bits per heavy atom. The molecule has 0 spiro atoms. The SMILES string of the molecule is CCOC(=O)c1ccc(N2C(=O)c3[nH]nc(-c4ccccc4)c3C2c2ccc(Cl)cc2)cc1. The molecule has 0 bridgehead atoms. The van der Waals surface area contributed by atoms with Crippen LogP contribution in [-0.4, -0.2) is 28.7 Å². The molecule has 0 saturated carbocycles. The van der Waals surface area contributed by atoms with Crippen LogP contribution in [0.15, 0.2) is 78.9 Å². The van der Waals surface area contributed by atoms with Crippen molar-refractivity contribution in [3.8, 4) is 11.3 Å². The van der Waals surface area contributed by atoms with Gasteiger partial charge < -0.3 is 4.74 Å². The third-order valence-corrected chi connectivity index (χ3v) is 5.91. The number of nitrogens with one attached hydrogen (secondary N) is 1. The van der Waals surface area contributed by atoms with Crippen LogP contribution in [0.1, 0.15) is 44.9 Å². The van der Waals surface area contributed by atoms with Crippen LogP contribution in [0.3, 0.4) is 0 Å². The highest BCUT2D eigenvalue weighted by molar-refractivity contribution is 6.30. The van der Waals surface area contributed by atoms with Crippen molar-refractivity contribution in [2.24, 2.45) is 0 Å². The van der Waals surface area contributed by atoms with Crippen LogP contribution in [0.5, 0.6) is 0 Å². The Kier molecular flexibility index (Phi) is 5.44. The van der Waals surface area contributed by atoms with Crippen LogP contribution >= 0.6 is 11.6 Å². The van der Waals surface area contributed by atoms with Gasteiger partial charge in [0.2, 0.25) is 0 Å². The van der Waals surface area contributed by atoms with Crippen LogP contribution in [0, 0.1) is 0 Å². The highest BCUT2D eigenvalue weighted by atomic mass is 35.5. The first kappa shape index (κ1) is 21.0. The number of carbonyl (C=O) groups excluding carboxylic acids is 2. The molecule has 1 aliphatic rings. The molecule has 1 unspecified atom stereocenters. The van der Waals surface area contributed by atoms with Crippen molar-refractivity contribution in [1.82, 2.24) is 10.2 Å². The standard InChI is InChI=1S/C26H20ClN3O3/c1-2-33-26(32)18-10-14-20(15-11-18)30-24(17-8-12-19(27)13-9-17)21-22(16-6-4-3-5-7-16)28-29-23(21)25(30)31/h3-15,24H,2H2,1H3,(H,28,29). The Morgan fingerprint density at radius 2 is 1.73 bits per heavy atom. The lowest BCUT2D eigenvalue weighted by atomic mass is 9.96. The first-order valence-electron chi connectivity index (χ1n) is 10.6. The van der Waals surface area contributed by atoms with Gasteiger partial charge in [-0.3, -0.25) is 14.8 Å². The molecular formula is C26H20ClN3O3. The molecule has 1 amide bonds. The first-order valence-corrected chi connectivity index (χ1v) is 11.0. The van der Waals surface area contributed by atoms with Gasteiger partial charge in [-0.15, -0.1) is 0 Å². The second kappa shape index (κ2) is 8.56. The number of halogens is 1. The monoisotopic (exact) mass is 457 g/mol. The third kappa shape index (κ3) is 3.68. The van der Waals surface area contributed by atoms with Crippen molar-refractivity contribution >= 4 is 29.2 Å². The lowest BCUT2D eigenvalue weighted by Gasteiger charge is -2.26. The lowest BCUT2D eigenvalue weighted by molar-refractivity contribution is 0.0526. The van der Waals surface area contributed by atoms with Crippen LogP contribution in [0.4, 0.5) is 5.69 Å². The van der Waals surface area contributed by atoms with Crippen molar-refractivity contribution in [3.05, 3.63) is 106 Å². The summed E-state index contributed by atoms with van der Waals surface area (Å²) < 4.78 is 5.07. The normalized spacial score (nSPS) is 14.9. The number of aromatic nitrogens is 2. The van der Waals surface area contributed by atoms with Gasteiger partial charge in [-0.25, -0.2) is 4.79 Å². The van der Waals surface area contributed by atoms with Gasteiger partial charge in [0.05, 0.1) is 23.9 Å². The second-order valence-electron chi connectivity index (χ2n) is 7.62. The molecule has 1 aromatic heterocycles. The van der Waals surface area contributed by atoms with Gasteiger partial charge in [-0.2, -0.15) is 5.10 Å². The molecule has 0 fully saturated rings. The van der Waals surface area contributed by atoms with E-state index in [2.05, 4.69) is 10.2 Å². The van der Waals surface area contributed by atoms with E-state index in [9.17, 15) is 9.59 Å². The first-order chi connectivity index (χ1) is 16.1. The Labute approximate surface area is 195 Å². The number of nitrogens with zero attached hydrogens (tertiary/aromatic N) is 2. The topological polar surface area (TPSA) is 75.3 Å². The zero-order valence-electron chi connectivity index (χ0n) is 17.8. The number of benzene rings is 3. The summed E-state index contributed by atoms with van der Waals surface area (Å²) in [5.74, 6) is -0.588. The van der Waals surface area contributed by atoms with Gasteiger partial charge in [0.15, 0.2) is 0 Å². The zero-order valence-corrected chi connectivity index (χ0v) is 18.5. The summed E-state index contributed by atoms with van der Waals surface area (Å²) in [4.78, 5) is 27.3. The second-order valence-corrected chi connectivity index (χ2v) is 8.06. The van der Waals surface area contributed by atoms with E-state index in [0.29, 0.717) is 28.6 Å². The average molecular weight is 458 g/mol. The number of amides is 1. The van der Waals surface area contributed by atoms with Crippen LogP contribution in [-0.2, 0) is 4.74 Å². The van der Waals surface area contributed by atoms with Gasteiger partial charge in [0.1, 0.15) is 5.69 Å². The number of carbonyl (C=O) groups is 2. The number of aromatic amines is 1. The minimum absolute atomic E-state index is 0.191. The maximum Gasteiger partial charge on any atom is 0.338 e. The quantitative estimate of drug-likeness (QED) is 0.392. The maximum atomic E-state index is 13.6. The molecule has 164 valence electrons. The van der Waals surface area contributed by atoms with Gasteiger partial charge >= 0.3 is 5.97 Å². The molecular weight excluding hydrogens is 438 g/mol. The third-order valence-electron chi connectivity index (χ3n) is 5.66. The molecule has 1 atom stereocenters. The average Bonchev–Trinajstić information content (AvgIpc) is 3.39. The fraction of sp³-hybridized carbons (Fsp3) is 0.115. The molecule has 1 aliphatic heterocycles. The number of ether oxygens (including phenoxy) is 1. The largest absolute Gasteiger partial charge is 0.462 e. The molecule has 7 heteroatoms.